The molecule has 0 aliphatic carbocycles. The average Bonchev–Trinajstić information content (AvgIpc) is 2.36. The molecule has 1 atom stereocenters. The fourth-order valence-electron chi connectivity index (χ4n) is 1.20. The van der Waals surface area contributed by atoms with Crippen LogP contribution in [0.4, 0.5) is 5.69 Å². The highest BCUT2D eigenvalue weighted by Gasteiger charge is 2.16. The van der Waals surface area contributed by atoms with Gasteiger partial charge in [-0.3, -0.25) is 4.79 Å². The first-order valence-electron chi connectivity index (χ1n) is 5.13. The van der Waals surface area contributed by atoms with E-state index < -0.39 is 21.8 Å². The fourth-order valence-corrected chi connectivity index (χ4v) is 1.83. The van der Waals surface area contributed by atoms with E-state index in [0.29, 0.717) is 5.69 Å². The van der Waals surface area contributed by atoms with Crippen molar-refractivity contribution in [2.24, 2.45) is 0 Å². The van der Waals surface area contributed by atoms with E-state index in [0.717, 1.165) is 6.26 Å². The molecule has 0 saturated carbocycles. The number of sulfone groups is 1. The molecule has 0 aliphatic rings. The first-order valence-corrected chi connectivity index (χ1v) is 7.03. The Bertz CT molecular complexity index is 641. The SMILES string of the molecule is C=C(C(=O)Nc1ccc(S(C)(=O)=O)cc1)C(O)C#N. The van der Waals surface area contributed by atoms with Crippen LogP contribution in [0, 0.1) is 11.3 Å². The van der Waals surface area contributed by atoms with E-state index in [2.05, 4.69) is 11.9 Å². The minimum absolute atomic E-state index is 0.126. The van der Waals surface area contributed by atoms with E-state index in [-0.39, 0.29) is 10.5 Å². The lowest BCUT2D eigenvalue weighted by Crippen LogP contribution is -2.21. The first-order chi connectivity index (χ1) is 8.75. The van der Waals surface area contributed by atoms with E-state index >= 15 is 0 Å². The molecule has 1 rings (SSSR count). The second-order valence-electron chi connectivity index (χ2n) is 3.81. The summed E-state index contributed by atoms with van der Waals surface area (Å²) in [6, 6.07) is 6.97. The van der Waals surface area contributed by atoms with Crippen LogP contribution in [-0.4, -0.2) is 31.8 Å². The normalized spacial score (nSPS) is 12.3. The minimum Gasteiger partial charge on any atom is -0.374 e. The predicted molar refractivity (Wildman–Crippen MR) is 68.9 cm³/mol. The molecule has 1 aromatic carbocycles. The van der Waals surface area contributed by atoms with Gasteiger partial charge in [-0.1, -0.05) is 6.58 Å². The summed E-state index contributed by atoms with van der Waals surface area (Å²) in [4.78, 5) is 11.7. The summed E-state index contributed by atoms with van der Waals surface area (Å²) in [7, 11) is -3.30. The number of benzene rings is 1. The molecule has 0 saturated heterocycles. The highest BCUT2D eigenvalue weighted by atomic mass is 32.2. The molecule has 0 radical (unpaired) electrons. The number of hydrogen-bond acceptors (Lipinski definition) is 5. The molecular formula is C12H12N2O4S. The highest BCUT2D eigenvalue weighted by molar-refractivity contribution is 7.90. The summed E-state index contributed by atoms with van der Waals surface area (Å²) in [5, 5.41) is 20.0. The number of aliphatic hydroxyl groups is 1. The Morgan fingerprint density at radius 1 is 1.42 bits per heavy atom. The zero-order chi connectivity index (χ0) is 14.6. The summed E-state index contributed by atoms with van der Waals surface area (Å²) in [6.07, 6.45) is -0.499. The number of carbonyl (C=O) groups is 1. The number of carbonyl (C=O) groups excluding carboxylic acids is 1. The molecule has 1 amide bonds. The van der Waals surface area contributed by atoms with E-state index in [1.54, 1.807) is 0 Å². The second kappa shape index (κ2) is 5.65. The molecule has 0 bridgehead atoms. The van der Waals surface area contributed by atoms with Gasteiger partial charge < -0.3 is 10.4 Å². The first kappa shape index (κ1) is 14.9. The van der Waals surface area contributed by atoms with Crippen LogP contribution in [0.2, 0.25) is 0 Å². The van der Waals surface area contributed by atoms with E-state index in [1.807, 2.05) is 0 Å². The van der Waals surface area contributed by atoms with Crippen molar-refractivity contribution >= 4 is 21.4 Å². The van der Waals surface area contributed by atoms with Gasteiger partial charge in [0.15, 0.2) is 15.9 Å². The van der Waals surface area contributed by atoms with Crippen LogP contribution >= 0.6 is 0 Å². The van der Waals surface area contributed by atoms with Crippen LogP contribution in [0.1, 0.15) is 0 Å². The summed E-state index contributed by atoms with van der Waals surface area (Å²) >= 11 is 0. The lowest BCUT2D eigenvalue weighted by molar-refractivity contribution is -0.113. The van der Waals surface area contributed by atoms with Crippen molar-refractivity contribution < 1.29 is 18.3 Å². The van der Waals surface area contributed by atoms with Crippen LogP contribution in [0.5, 0.6) is 0 Å². The van der Waals surface area contributed by atoms with Crippen LogP contribution in [0.15, 0.2) is 41.3 Å². The maximum absolute atomic E-state index is 11.6. The third kappa shape index (κ3) is 3.91. The number of nitriles is 1. The zero-order valence-electron chi connectivity index (χ0n) is 10.1. The number of amides is 1. The molecule has 6 nitrogen and oxygen atoms in total. The number of aliphatic hydroxyl groups excluding tert-OH is 1. The Labute approximate surface area is 110 Å². The maximum atomic E-state index is 11.6. The molecule has 0 aliphatic heterocycles. The standard InChI is InChI=1S/C12H12N2O4S/c1-8(11(15)7-13)12(16)14-9-3-5-10(6-4-9)19(2,17)18/h3-6,11,15H,1H2,2H3,(H,14,16). The number of rotatable bonds is 4. The third-order valence-electron chi connectivity index (χ3n) is 2.28. The van der Waals surface area contributed by atoms with Gasteiger partial charge in [0.05, 0.1) is 16.5 Å². The van der Waals surface area contributed by atoms with Crippen LogP contribution in [0.25, 0.3) is 0 Å². The van der Waals surface area contributed by atoms with Crippen molar-refractivity contribution in [1.29, 1.82) is 5.26 Å². The van der Waals surface area contributed by atoms with Gasteiger partial charge in [0.2, 0.25) is 0 Å². The van der Waals surface area contributed by atoms with E-state index in [4.69, 9.17) is 10.4 Å². The van der Waals surface area contributed by atoms with Crippen molar-refractivity contribution in [2.45, 2.75) is 11.0 Å². The average molecular weight is 280 g/mol. The fraction of sp³-hybridized carbons (Fsp3) is 0.167. The van der Waals surface area contributed by atoms with Gasteiger partial charge in [0, 0.05) is 11.9 Å². The Balaban J connectivity index is 2.83. The van der Waals surface area contributed by atoms with Crippen molar-refractivity contribution in [3.63, 3.8) is 0 Å². The summed E-state index contributed by atoms with van der Waals surface area (Å²) in [6.45, 7) is 3.30. The second-order valence-corrected chi connectivity index (χ2v) is 5.82. The van der Waals surface area contributed by atoms with Crippen LogP contribution in [0.3, 0.4) is 0 Å². The lowest BCUT2D eigenvalue weighted by atomic mass is 10.1. The Morgan fingerprint density at radius 2 is 1.95 bits per heavy atom. The number of anilines is 1. The van der Waals surface area contributed by atoms with E-state index in [1.165, 1.54) is 30.3 Å². The molecule has 100 valence electrons. The molecule has 0 fully saturated rings. The molecule has 1 aromatic rings. The monoisotopic (exact) mass is 280 g/mol. The molecule has 19 heavy (non-hydrogen) atoms. The van der Waals surface area contributed by atoms with Gasteiger partial charge in [0.25, 0.3) is 5.91 Å². The van der Waals surface area contributed by atoms with Gasteiger partial charge in [-0.15, -0.1) is 0 Å². The van der Waals surface area contributed by atoms with Crippen LogP contribution in [-0.2, 0) is 14.6 Å². The smallest absolute Gasteiger partial charge is 0.254 e. The van der Waals surface area contributed by atoms with Crippen molar-refractivity contribution in [3.8, 4) is 6.07 Å². The summed E-state index contributed by atoms with van der Waals surface area (Å²) < 4.78 is 22.5. The quantitative estimate of drug-likeness (QED) is 0.615. The van der Waals surface area contributed by atoms with Gasteiger partial charge in [0.1, 0.15) is 0 Å². The largest absolute Gasteiger partial charge is 0.374 e. The van der Waals surface area contributed by atoms with Gasteiger partial charge in [-0.2, -0.15) is 5.26 Å². The molecule has 2 N–H and O–H groups in total. The van der Waals surface area contributed by atoms with Crippen molar-refractivity contribution in [2.75, 3.05) is 11.6 Å². The highest BCUT2D eigenvalue weighted by Crippen LogP contribution is 2.14. The van der Waals surface area contributed by atoms with Gasteiger partial charge in [-0.25, -0.2) is 8.42 Å². The summed E-state index contributed by atoms with van der Waals surface area (Å²) in [5.74, 6) is -0.707. The molecule has 1 unspecified atom stereocenters. The topological polar surface area (TPSA) is 107 Å². The lowest BCUT2D eigenvalue weighted by Gasteiger charge is -2.08. The number of nitrogens with zero attached hydrogens (tertiary/aromatic N) is 1. The van der Waals surface area contributed by atoms with E-state index in [9.17, 15) is 13.2 Å². The molecule has 0 aromatic heterocycles. The Hall–Kier alpha value is -2.17. The molecular weight excluding hydrogens is 268 g/mol. The molecule has 0 heterocycles. The van der Waals surface area contributed by atoms with Gasteiger partial charge >= 0.3 is 0 Å². The third-order valence-corrected chi connectivity index (χ3v) is 3.41. The summed E-state index contributed by atoms with van der Waals surface area (Å²) in [5.41, 5.74) is 0.0541. The van der Waals surface area contributed by atoms with Crippen molar-refractivity contribution in [1.82, 2.24) is 0 Å². The maximum Gasteiger partial charge on any atom is 0.254 e. The Morgan fingerprint density at radius 3 is 2.37 bits per heavy atom. The van der Waals surface area contributed by atoms with Crippen LogP contribution < -0.4 is 5.32 Å². The Kier molecular flexibility index (Phi) is 4.43. The molecule has 0 spiro atoms. The van der Waals surface area contributed by atoms with Crippen molar-refractivity contribution in [3.05, 3.63) is 36.4 Å². The van der Waals surface area contributed by atoms with Gasteiger partial charge in [-0.05, 0) is 24.3 Å². The number of nitrogens with one attached hydrogen (secondary N) is 1. The zero-order valence-corrected chi connectivity index (χ0v) is 10.9. The predicted octanol–water partition coefficient (Wildman–Crippen LogP) is 0.469. The number of hydrogen-bond donors (Lipinski definition) is 2. The molecule has 7 heteroatoms. The minimum atomic E-state index is -3.30.